The number of amides is 2. The number of nitrogens with one attached hydrogen (secondary N) is 2. The lowest BCUT2D eigenvalue weighted by Gasteiger charge is -2.39. The van der Waals surface area contributed by atoms with Crippen LogP contribution in [0.1, 0.15) is 30.4 Å². The summed E-state index contributed by atoms with van der Waals surface area (Å²) in [5.74, 6) is 0.486. The van der Waals surface area contributed by atoms with Crippen LogP contribution in [0.15, 0.2) is 23.3 Å². The van der Waals surface area contributed by atoms with Gasteiger partial charge < -0.3 is 5.32 Å². The lowest BCUT2D eigenvalue weighted by molar-refractivity contribution is -0.129. The fraction of sp³-hybridized carbons (Fsp3) is 0.400. The van der Waals surface area contributed by atoms with Gasteiger partial charge >= 0.3 is 0 Å². The zero-order chi connectivity index (χ0) is 13.7. The third kappa shape index (κ3) is 1.66. The van der Waals surface area contributed by atoms with Crippen molar-refractivity contribution in [2.75, 3.05) is 5.32 Å². The molecule has 2 atom stereocenters. The van der Waals surface area contributed by atoms with Gasteiger partial charge in [0.25, 0.3) is 0 Å². The van der Waals surface area contributed by atoms with E-state index in [0.29, 0.717) is 6.42 Å². The number of carbonyl (C=O) groups excluding carboxylic acids is 2. The number of aryl methyl sites for hydroxylation is 1. The summed E-state index contributed by atoms with van der Waals surface area (Å²) in [6, 6.07) is 6.02. The molecule has 0 unspecified atom stereocenters. The van der Waals surface area contributed by atoms with Gasteiger partial charge in [-0.15, -0.1) is 0 Å². The Morgan fingerprint density at radius 1 is 1.10 bits per heavy atom. The van der Waals surface area contributed by atoms with Crippen LogP contribution in [0, 0.1) is 11.8 Å². The summed E-state index contributed by atoms with van der Waals surface area (Å²) in [5.41, 5.74) is 6.73. The maximum Gasteiger partial charge on any atom is 0.243 e. The van der Waals surface area contributed by atoms with Crippen LogP contribution >= 0.6 is 0 Å². The minimum absolute atomic E-state index is 0.0511. The number of benzene rings is 1. The molecule has 1 aromatic rings. The van der Waals surface area contributed by atoms with Crippen LogP contribution in [0.3, 0.4) is 0 Å². The summed E-state index contributed by atoms with van der Waals surface area (Å²) in [5, 5.41) is 7.14. The van der Waals surface area contributed by atoms with Crippen LogP contribution < -0.4 is 10.7 Å². The second-order valence-electron chi connectivity index (χ2n) is 5.68. The van der Waals surface area contributed by atoms with Crippen molar-refractivity contribution in [1.29, 1.82) is 0 Å². The van der Waals surface area contributed by atoms with Gasteiger partial charge in [-0.2, -0.15) is 5.10 Å². The Balaban J connectivity index is 1.69. The fourth-order valence-electron chi connectivity index (χ4n) is 3.24. The number of nitrogens with zero attached hydrogens (tertiary/aromatic N) is 1. The Kier molecular flexibility index (Phi) is 2.42. The first kappa shape index (κ1) is 11.6. The normalized spacial score (nSPS) is 27.5. The molecule has 20 heavy (non-hydrogen) atoms. The number of hydrazone groups is 1. The van der Waals surface area contributed by atoms with Gasteiger partial charge in [0.2, 0.25) is 11.8 Å². The molecule has 5 heteroatoms. The van der Waals surface area contributed by atoms with Crippen molar-refractivity contribution in [2.45, 2.75) is 25.7 Å². The Hall–Kier alpha value is -2.17. The summed E-state index contributed by atoms with van der Waals surface area (Å²) < 4.78 is 0. The Morgan fingerprint density at radius 3 is 2.75 bits per heavy atom. The summed E-state index contributed by atoms with van der Waals surface area (Å²) in [6.45, 7) is 0. The van der Waals surface area contributed by atoms with Gasteiger partial charge in [0.1, 0.15) is 0 Å². The minimum Gasteiger partial charge on any atom is -0.326 e. The smallest absolute Gasteiger partial charge is 0.243 e. The predicted octanol–water partition coefficient (Wildman–Crippen LogP) is 1.43. The molecule has 2 N–H and O–H groups in total. The van der Waals surface area contributed by atoms with E-state index < -0.39 is 0 Å². The van der Waals surface area contributed by atoms with Gasteiger partial charge in [-0.1, -0.05) is 6.07 Å². The average molecular weight is 269 g/mol. The number of carbonyl (C=O) groups is 2. The van der Waals surface area contributed by atoms with Crippen LogP contribution in [-0.2, 0) is 16.0 Å². The molecule has 1 saturated carbocycles. The molecule has 102 valence electrons. The zero-order valence-electron chi connectivity index (χ0n) is 11.0. The van der Waals surface area contributed by atoms with Crippen molar-refractivity contribution >= 4 is 23.2 Å². The van der Waals surface area contributed by atoms with E-state index in [1.54, 1.807) is 0 Å². The molecule has 0 bridgehead atoms. The van der Waals surface area contributed by atoms with Crippen molar-refractivity contribution in [2.24, 2.45) is 16.9 Å². The molecular weight excluding hydrogens is 254 g/mol. The molecule has 0 radical (unpaired) electrons. The molecule has 1 fully saturated rings. The van der Waals surface area contributed by atoms with Crippen molar-refractivity contribution < 1.29 is 9.59 Å². The third-order valence-electron chi connectivity index (χ3n) is 4.55. The Bertz CT molecular complexity index is 651. The summed E-state index contributed by atoms with van der Waals surface area (Å²) in [7, 11) is 0. The molecule has 4 rings (SSSR count). The summed E-state index contributed by atoms with van der Waals surface area (Å²) in [6.07, 6.45) is 3.29. The highest BCUT2D eigenvalue weighted by molar-refractivity contribution is 6.08. The average Bonchev–Trinajstić information content (AvgIpc) is 2.40. The van der Waals surface area contributed by atoms with Crippen molar-refractivity contribution in [3.05, 3.63) is 29.3 Å². The van der Waals surface area contributed by atoms with E-state index >= 15 is 0 Å². The van der Waals surface area contributed by atoms with Gasteiger partial charge in [-0.05, 0) is 42.5 Å². The first-order valence-corrected chi connectivity index (χ1v) is 7.03. The highest BCUT2D eigenvalue weighted by atomic mass is 16.2. The van der Waals surface area contributed by atoms with Gasteiger partial charge in [0, 0.05) is 23.9 Å². The maximum absolute atomic E-state index is 11.6. The molecule has 0 saturated heterocycles. The highest BCUT2D eigenvalue weighted by Gasteiger charge is 2.42. The Labute approximate surface area is 116 Å². The number of anilines is 1. The van der Waals surface area contributed by atoms with Gasteiger partial charge in [0.15, 0.2) is 0 Å². The predicted molar refractivity (Wildman–Crippen MR) is 74.3 cm³/mol. The quantitative estimate of drug-likeness (QED) is 0.809. The molecule has 1 aliphatic carbocycles. The van der Waals surface area contributed by atoms with Crippen LogP contribution in [0.2, 0.25) is 0 Å². The molecule has 2 amide bonds. The second kappa shape index (κ2) is 4.16. The maximum atomic E-state index is 11.6. The van der Waals surface area contributed by atoms with Crippen molar-refractivity contribution in [1.82, 2.24) is 5.43 Å². The molecular formula is C15H15N3O2. The first-order valence-electron chi connectivity index (χ1n) is 7.03. The molecule has 0 aromatic heterocycles. The summed E-state index contributed by atoms with van der Waals surface area (Å²) in [4.78, 5) is 23.0. The molecule has 3 aliphatic rings. The van der Waals surface area contributed by atoms with Crippen molar-refractivity contribution in [3.8, 4) is 0 Å². The Morgan fingerprint density at radius 2 is 1.95 bits per heavy atom. The number of fused-ring (bicyclic) bond motifs is 2. The number of rotatable bonds is 1. The van der Waals surface area contributed by atoms with Crippen LogP contribution in [0.25, 0.3) is 0 Å². The molecule has 5 nitrogen and oxygen atoms in total. The molecule has 1 aromatic carbocycles. The topological polar surface area (TPSA) is 70.6 Å². The summed E-state index contributed by atoms with van der Waals surface area (Å²) >= 11 is 0. The van der Waals surface area contributed by atoms with E-state index in [9.17, 15) is 9.59 Å². The van der Waals surface area contributed by atoms with E-state index in [1.165, 1.54) is 0 Å². The van der Waals surface area contributed by atoms with Crippen LogP contribution in [0.5, 0.6) is 0 Å². The van der Waals surface area contributed by atoms with E-state index in [0.717, 1.165) is 41.8 Å². The van der Waals surface area contributed by atoms with Crippen LogP contribution in [-0.4, -0.2) is 17.5 Å². The minimum atomic E-state index is 0.0511. The van der Waals surface area contributed by atoms with E-state index in [4.69, 9.17) is 0 Å². The van der Waals surface area contributed by atoms with E-state index in [-0.39, 0.29) is 23.7 Å². The van der Waals surface area contributed by atoms with E-state index in [2.05, 4.69) is 21.9 Å². The molecule has 0 spiro atoms. The fourth-order valence-corrected chi connectivity index (χ4v) is 3.24. The monoisotopic (exact) mass is 269 g/mol. The highest BCUT2D eigenvalue weighted by Crippen LogP contribution is 2.39. The first-order chi connectivity index (χ1) is 9.72. The van der Waals surface area contributed by atoms with E-state index in [1.807, 2.05) is 12.1 Å². The van der Waals surface area contributed by atoms with Crippen molar-refractivity contribution in [3.63, 3.8) is 0 Å². The van der Waals surface area contributed by atoms with Gasteiger partial charge in [0.05, 0.1) is 5.71 Å². The largest absolute Gasteiger partial charge is 0.326 e. The SMILES string of the molecule is O=C1CCc2cc(C3=NNC(=O)[C@@H]4CC[C@H]34)ccc2N1. The standard InChI is InChI=1S/C15H15N3O2/c19-13-6-2-8-7-9(1-5-12(8)16-13)14-10-3-4-11(10)15(20)18-17-14/h1,5,7,10-11H,2-4,6H2,(H,16,19)(H,18,20)/t10-,11+/m0/s1. The number of hydrogen-bond acceptors (Lipinski definition) is 3. The van der Waals surface area contributed by atoms with Gasteiger partial charge in [-0.25, -0.2) is 5.43 Å². The number of hydrogen-bond donors (Lipinski definition) is 2. The lowest BCUT2D eigenvalue weighted by Crippen LogP contribution is -2.47. The zero-order valence-corrected chi connectivity index (χ0v) is 11.0. The lowest BCUT2D eigenvalue weighted by atomic mass is 9.68. The molecule has 2 heterocycles. The van der Waals surface area contributed by atoms with Gasteiger partial charge in [-0.3, -0.25) is 9.59 Å². The van der Waals surface area contributed by atoms with Crippen LogP contribution in [0.4, 0.5) is 5.69 Å². The molecule has 2 aliphatic heterocycles. The third-order valence-corrected chi connectivity index (χ3v) is 4.55. The second-order valence-corrected chi connectivity index (χ2v) is 5.68.